The van der Waals surface area contributed by atoms with Gasteiger partial charge in [-0.1, -0.05) is 61.3 Å². The average Bonchev–Trinajstić information content (AvgIpc) is 2.31. The normalized spacial score (nSPS) is 37.8. The van der Waals surface area contributed by atoms with Gasteiger partial charge in [0, 0.05) is 33.4 Å². The lowest BCUT2D eigenvalue weighted by Gasteiger charge is -2.40. The van der Waals surface area contributed by atoms with Crippen molar-refractivity contribution < 1.29 is 9.84 Å². The molecule has 0 aliphatic heterocycles. The fourth-order valence-electron chi connectivity index (χ4n) is 2.10. The van der Waals surface area contributed by atoms with Gasteiger partial charge in [0.1, 0.15) is 0 Å². The number of aliphatic hydroxyl groups is 1. The number of halogens is 3. The molecule has 0 heterocycles. The molecular weight excluding hydrogens is 416 g/mol. The van der Waals surface area contributed by atoms with Crippen molar-refractivity contribution in [2.75, 3.05) is 13.2 Å². The Morgan fingerprint density at radius 3 is 2.59 bits per heavy atom. The lowest BCUT2D eigenvalue weighted by Crippen LogP contribution is -2.41. The number of hydrogen-bond acceptors (Lipinski definition) is 2. The van der Waals surface area contributed by atoms with Gasteiger partial charge in [-0.05, 0) is 12.3 Å². The van der Waals surface area contributed by atoms with Crippen LogP contribution in [0.2, 0.25) is 0 Å². The summed E-state index contributed by atoms with van der Waals surface area (Å²) in [5.74, 6) is 1.69. The second-order valence-corrected chi connectivity index (χ2v) is 7.79. The Hall–Kier alpha value is 0.940. The zero-order chi connectivity index (χ0) is 13.0. The minimum absolute atomic E-state index is 0.166. The molecule has 2 nitrogen and oxygen atoms in total. The second kappa shape index (κ2) is 7.51. The molecule has 0 radical (unpaired) electrons. The summed E-state index contributed by atoms with van der Waals surface area (Å²) >= 11 is 11.1. The highest BCUT2D eigenvalue weighted by atomic mass is 79.9. The highest BCUT2D eigenvalue weighted by molar-refractivity contribution is 9.13. The van der Waals surface area contributed by atoms with Crippen molar-refractivity contribution in [1.82, 2.24) is 0 Å². The van der Waals surface area contributed by atoms with Crippen LogP contribution in [0.25, 0.3) is 0 Å². The molecule has 0 aromatic heterocycles. The molecular formula is C12H19Br3O2. The number of rotatable bonds is 5. The van der Waals surface area contributed by atoms with Gasteiger partial charge >= 0.3 is 0 Å². The van der Waals surface area contributed by atoms with Crippen LogP contribution in [0.3, 0.4) is 0 Å². The van der Waals surface area contributed by atoms with Crippen LogP contribution < -0.4 is 0 Å². The summed E-state index contributed by atoms with van der Waals surface area (Å²) in [7, 11) is 0. The van der Waals surface area contributed by atoms with Gasteiger partial charge in [-0.3, -0.25) is 0 Å². The van der Waals surface area contributed by atoms with Crippen molar-refractivity contribution in [1.29, 1.82) is 0 Å². The molecule has 1 fully saturated rings. The topological polar surface area (TPSA) is 29.5 Å². The SMILES string of the molecule is C=C(OCCCO)C1CC(Br)C(Br)C(Br)C1C. The Kier molecular flexibility index (Phi) is 7.07. The third kappa shape index (κ3) is 4.22. The van der Waals surface area contributed by atoms with Crippen LogP contribution in [-0.4, -0.2) is 32.8 Å². The maximum Gasteiger partial charge on any atom is 0.0922 e. The molecule has 0 spiro atoms. The monoisotopic (exact) mass is 432 g/mol. The molecule has 5 atom stereocenters. The van der Waals surface area contributed by atoms with Gasteiger partial charge in [-0.2, -0.15) is 0 Å². The van der Waals surface area contributed by atoms with Crippen LogP contribution in [0.4, 0.5) is 0 Å². The number of alkyl halides is 3. The standard InChI is InChI=1S/C12H19Br3O2/c1-7-9(8(2)17-5-3-4-16)6-10(13)12(15)11(7)14/h7,9-12,16H,2-6H2,1H3. The Balaban J connectivity index is 2.54. The average molecular weight is 435 g/mol. The lowest BCUT2D eigenvalue weighted by molar-refractivity contribution is 0.128. The molecule has 1 N–H and O–H groups in total. The Morgan fingerprint density at radius 2 is 2.00 bits per heavy atom. The van der Waals surface area contributed by atoms with Gasteiger partial charge < -0.3 is 9.84 Å². The Morgan fingerprint density at radius 1 is 1.35 bits per heavy atom. The van der Waals surface area contributed by atoms with E-state index in [1.807, 2.05) is 0 Å². The summed E-state index contributed by atoms with van der Waals surface area (Å²) in [4.78, 5) is 1.26. The Bertz CT molecular complexity index is 260. The molecule has 0 saturated heterocycles. The van der Waals surface area contributed by atoms with E-state index in [0.717, 1.165) is 12.2 Å². The van der Waals surface area contributed by atoms with E-state index in [2.05, 4.69) is 61.3 Å². The number of hydrogen-bond donors (Lipinski definition) is 1. The molecule has 5 unspecified atom stereocenters. The van der Waals surface area contributed by atoms with Crippen molar-refractivity contribution in [3.05, 3.63) is 12.3 Å². The highest BCUT2D eigenvalue weighted by Gasteiger charge is 2.40. The van der Waals surface area contributed by atoms with E-state index in [1.165, 1.54) is 0 Å². The third-order valence-corrected chi connectivity index (χ3v) is 8.24. The van der Waals surface area contributed by atoms with Crippen LogP contribution in [-0.2, 0) is 4.74 Å². The molecule has 0 aromatic rings. The number of aliphatic hydroxyl groups excluding tert-OH is 1. The first-order valence-corrected chi connectivity index (χ1v) is 8.58. The van der Waals surface area contributed by atoms with Gasteiger partial charge in [-0.15, -0.1) is 0 Å². The third-order valence-electron chi connectivity index (χ3n) is 3.27. The minimum Gasteiger partial charge on any atom is -0.498 e. The minimum atomic E-state index is 0.166. The van der Waals surface area contributed by atoms with Crippen LogP contribution in [0.5, 0.6) is 0 Å². The van der Waals surface area contributed by atoms with E-state index in [0.29, 0.717) is 39.3 Å². The van der Waals surface area contributed by atoms with Gasteiger partial charge in [0.2, 0.25) is 0 Å². The van der Waals surface area contributed by atoms with Gasteiger partial charge in [0.15, 0.2) is 0 Å². The van der Waals surface area contributed by atoms with Crippen molar-refractivity contribution in [2.45, 2.75) is 34.2 Å². The lowest BCUT2D eigenvalue weighted by atomic mass is 9.79. The zero-order valence-corrected chi connectivity index (χ0v) is 14.7. The Labute approximate surface area is 129 Å². The van der Waals surface area contributed by atoms with Crippen molar-refractivity contribution in [3.63, 3.8) is 0 Å². The molecule has 1 aliphatic carbocycles. The number of allylic oxidation sites excluding steroid dienone is 1. The van der Waals surface area contributed by atoms with Crippen LogP contribution >= 0.6 is 47.8 Å². The summed E-state index contributed by atoms with van der Waals surface area (Å²) in [5, 5.41) is 8.73. The first-order valence-electron chi connectivity index (χ1n) is 5.83. The predicted molar refractivity (Wildman–Crippen MR) is 82.2 cm³/mol. The van der Waals surface area contributed by atoms with E-state index in [-0.39, 0.29) is 6.61 Å². The van der Waals surface area contributed by atoms with Crippen LogP contribution in [0.15, 0.2) is 12.3 Å². The molecule has 0 aromatic carbocycles. The van der Waals surface area contributed by atoms with Crippen LogP contribution in [0.1, 0.15) is 19.8 Å². The van der Waals surface area contributed by atoms with Crippen molar-refractivity contribution >= 4 is 47.8 Å². The molecule has 17 heavy (non-hydrogen) atoms. The predicted octanol–water partition coefficient (Wildman–Crippen LogP) is 3.85. The molecule has 1 saturated carbocycles. The maximum atomic E-state index is 8.73. The van der Waals surface area contributed by atoms with E-state index < -0.39 is 0 Å². The quantitative estimate of drug-likeness (QED) is 0.404. The molecule has 1 rings (SSSR count). The maximum absolute atomic E-state index is 8.73. The molecule has 5 heteroatoms. The first kappa shape index (κ1) is 16.0. The van der Waals surface area contributed by atoms with E-state index in [9.17, 15) is 0 Å². The first-order chi connectivity index (χ1) is 7.99. The number of ether oxygens (including phenoxy) is 1. The van der Waals surface area contributed by atoms with E-state index in [1.54, 1.807) is 0 Å². The summed E-state index contributed by atoms with van der Waals surface area (Å²) in [6.07, 6.45) is 1.69. The summed E-state index contributed by atoms with van der Waals surface area (Å²) in [5.41, 5.74) is 0. The molecule has 1 aliphatic rings. The molecule has 0 bridgehead atoms. The molecule has 0 amide bonds. The summed E-state index contributed by atoms with van der Waals surface area (Å²) in [6.45, 7) is 6.97. The largest absolute Gasteiger partial charge is 0.498 e. The van der Waals surface area contributed by atoms with E-state index >= 15 is 0 Å². The van der Waals surface area contributed by atoms with Gasteiger partial charge in [0.25, 0.3) is 0 Å². The smallest absolute Gasteiger partial charge is 0.0922 e. The fourth-order valence-corrected chi connectivity index (χ4v) is 4.67. The summed E-state index contributed by atoms with van der Waals surface area (Å²) in [6, 6.07) is 0. The highest BCUT2D eigenvalue weighted by Crippen LogP contribution is 2.44. The van der Waals surface area contributed by atoms with E-state index in [4.69, 9.17) is 9.84 Å². The summed E-state index contributed by atoms with van der Waals surface area (Å²) < 4.78 is 5.61. The fraction of sp³-hybridized carbons (Fsp3) is 0.833. The van der Waals surface area contributed by atoms with Crippen molar-refractivity contribution in [2.24, 2.45) is 11.8 Å². The zero-order valence-electron chi connectivity index (χ0n) is 9.91. The van der Waals surface area contributed by atoms with Crippen LogP contribution in [0, 0.1) is 11.8 Å². The second-order valence-electron chi connectivity index (χ2n) is 4.50. The van der Waals surface area contributed by atoms with Gasteiger partial charge in [-0.25, -0.2) is 0 Å². The van der Waals surface area contributed by atoms with Crippen molar-refractivity contribution in [3.8, 4) is 0 Å². The van der Waals surface area contributed by atoms with Gasteiger partial charge in [0.05, 0.1) is 12.4 Å². The molecule has 100 valence electrons.